The average molecular weight is 403 g/mol. The highest BCUT2D eigenvalue weighted by molar-refractivity contribution is 6.45. The average Bonchev–Trinajstić information content (AvgIpc) is 2.91. The minimum Gasteiger partial charge on any atom is -0.366 e. The Bertz CT molecular complexity index is 1050. The van der Waals surface area contributed by atoms with Gasteiger partial charge in [0.05, 0.1) is 11.3 Å². The molecule has 1 unspecified atom stereocenters. The van der Waals surface area contributed by atoms with Gasteiger partial charge in [-0.25, -0.2) is 4.90 Å². The van der Waals surface area contributed by atoms with Crippen LogP contribution in [0.4, 0.5) is 5.69 Å². The molecule has 2 aromatic rings. The number of amides is 2. The third-order valence-corrected chi connectivity index (χ3v) is 6.15. The summed E-state index contributed by atoms with van der Waals surface area (Å²) in [4.78, 5) is 31.0. The van der Waals surface area contributed by atoms with E-state index in [0.717, 1.165) is 53.7 Å². The summed E-state index contributed by atoms with van der Waals surface area (Å²) < 4.78 is 0. The number of hydrogen-bond acceptors (Lipinski definition) is 3. The first kappa shape index (κ1) is 20.4. The van der Waals surface area contributed by atoms with Gasteiger partial charge in [-0.15, -0.1) is 0 Å². The zero-order valence-corrected chi connectivity index (χ0v) is 18.6. The number of benzene rings is 2. The molecule has 2 amide bonds. The predicted octanol–water partition coefficient (Wildman–Crippen LogP) is 4.94. The third kappa shape index (κ3) is 3.55. The Hall–Kier alpha value is -2.88. The monoisotopic (exact) mass is 402 g/mol. The van der Waals surface area contributed by atoms with Crippen LogP contribution in [0.5, 0.6) is 0 Å². The summed E-state index contributed by atoms with van der Waals surface area (Å²) in [5.41, 5.74) is 6.88. The number of hydrogen-bond donors (Lipinski definition) is 0. The van der Waals surface area contributed by atoms with Crippen LogP contribution in [0.25, 0.3) is 5.57 Å². The largest absolute Gasteiger partial charge is 0.366 e. The van der Waals surface area contributed by atoms with Crippen molar-refractivity contribution in [2.45, 2.75) is 47.5 Å². The molecule has 0 N–H and O–H groups in total. The van der Waals surface area contributed by atoms with Gasteiger partial charge in [-0.1, -0.05) is 36.8 Å². The predicted molar refractivity (Wildman–Crippen MR) is 121 cm³/mol. The molecule has 2 aliphatic rings. The third-order valence-electron chi connectivity index (χ3n) is 6.15. The van der Waals surface area contributed by atoms with Crippen molar-refractivity contribution in [1.29, 1.82) is 0 Å². The minimum absolute atomic E-state index is 0.200. The minimum atomic E-state index is -0.217. The molecule has 1 fully saturated rings. The van der Waals surface area contributed by atoms with E-state index < -0.39 is 0 Å². The van der Waals surface area contributed by atoms with Gasteiger partial charge in [0.2, 0.25) is 0 Å². The maximum Gasteiger partial charge on any atom is 0.282 e. The summed E-state index contributed by atoms with van der Waals surface area (Å²) >= 11 is 0. The molecular weight excluding hydrogens is 372 g/mol. The van der Waals surface area contributed by atoms with Gasteiger partial charge in [-0.3, -0.25) is 9.59 Å². The van der Waals surface area contributed by atoms with E-state index in [1.54, 1.807) is 0 Å². The normalized spacial score (nSPS) is 19.8. The van der Waals surface area contributed by atoms with Gasteiger partial charge in [-0.05, 0) is 80.8 Å². The van der Waals surface area contributed by atoms with Crippen LogP contribution in [0.1, 0.15) is 47.6 Å². The Morgan fingerprint density at radius 3 is 2.20 bits per heavy atom. The lowest BCUT2D eigenvalue weighted by atomic mass is 9.95. The second-order valence-electron chi connectivity index (χ2n) is 9.03. The first-order chi connectivity index (χ1) is 14.3. The fraction of sp³-hybridized carbons (Fsp3) is 0.385. The summed E-state index contributed by atoms with van der Waals surface area (Å²) in [6, 6.07) is 12.0. The molecule has 2 aliphatic heterocycles. The molecule has 4 nitrogen and oxygen atoms in total. The number of anilines is 1. The molecule has 4 heteroatoms. The van der Waals surface area contributed by atoms with E-state index in [2.05, 4.69) is 24.0 Å². The van der Waals surface area contributed by atoms with Gasteiger partial charge in [-0.2, -0.15) is 0 Å². The van der Waals surface area contributed by atoms with Crippen LogP contribution in [0, 0.1) is 33.6 Å². The summed E-state index contributed by atoms with van der Waals surface area (Å²) in [5, 5.41) is 0. The molecule has 2 heterocycles. The highest BCUT2D eigenvalue weighted by Gasteiger charge is 2.43. The van der Waals surface area contributed by atoms with Gasteiger partial charge >= 0.3 is 0 Å². The van der Waals surface area contributed by atoms with Crippen molar-refractivity contribution >= 4 is 23.1 Å². The Morgan fingerprint density at radius 2 is 1.57 bits per heavy atom. The molecule has 0 saturated carbocycles. The van der Waals surface area contributed by atoms with Crippen molar-refractivity contribution in [3.05, 3.63) is 69.9 Å². The van der Waals surface area contributed by atoms with Gasteiger partial charge in [0.15, 0.2) is 0 Å². The molecular formula is C26H30N2O2. The molecule has 4 rings (SSSR count). The van der Waals surface area contributed by atoms with Gasteiger partial charge in [0.1, 0.15) is 5.70 Å². The highest BCUT2D eigenvalue weighted by Crippen LogP contribution is 2.38. The van der Waals surface area contributed by atoms with Crippen LogP contribution in [0.15, 0.2) is 42.1 Å². The van der Waals surface area contributed by atoms with Crippen LogP contribution in [-0.2, 0) is 9.59 Å². The molecule has 1 atom stereocenters. The lowest BCUT2D eigenvalue weighted by molar-refractivity contribution is -0.120. The topological polar surface area (TPSA) is 40.6 Å². The molecule has 0 spiro atoms. The van der Waals surface area contributed by atoms with Crippen LogP contribution in [-0.4, -0.2) is 29.8 Å². The quantitative estimate of drug-likeness (QED) is 0.683. The van der Waals surface area contributed by atoms with Gasteiger partial charge < -0.3 is 4.90 Å². The highest BCUT2D eigenvalue weighted by atomic mass is 16.2. The van der Waals surface area contributed by atoms with Gasteiger partial charge in [0, 0.05) is 13.1 Å². The zero-order valence-electron chi connectivity index (χ0n) is 18.6. The zero-order chi connectivity index (χ0) is 21.6. The van der Waals surface area contributed by atoms with Crippen molar-refractivity contribution < 1.29 is 9.59 Å². The summed E-state index contributed by atoms with van der Waals surface area (Å²) in [7, 11) is 0. The van der Waals surface area contributed by atoms with Crippen molar-refractivity contribution in [2.75, 3.05) is 18.0 Å². The number of likely N-dealkylation sites (tertiary alicyclic amines) is 1. The smallest absolute Gasteiger partial charge is 0.282 e. The Balaban J connectivity index is 1.88. The molecule has 30 heavy (non-hydrogen) atoms. The number of carbonyl (C=O) groups is 2. The molecule has 0 radical (unpaired) electrons. The number of carbonyl (C=O) groups excluding carboxylic acids is 2. The van der Waals surface area contributed by atoms with Gasteiger partial charge in [0.25, 0.3) is 11.8 Å². The lowest BCUT2D eigenvalue weighted by Crippen LogP contribution is -2.39. The van der Waals surface area contributed by atoms with E-state index in [1.165, 1.54) is 4.90 Å². The molecule has 0 aliphatic carbocycles. The van der Waals surface area contributed by atoms with E-state index in [-0.39, 0.29) is 11.8 Å². The van der Waals surface area contributed by atoms with Crippen LogP contribution < -0.4 is 4.90 Å². The van der Waals surface area contributed by atoms with E-state index in [1.807, 2.05) is 52.0 Å². The first-order valence-electron chi connectivity index (χ1n) is 10.8. The summed E-state index contributed by atoms with van der Waals surface area (Å²) in [6.07, 6.45) is 2.20. The molecule has 2 aromatic carbocycles. The van der Waals surface area contributed by atoms with E-state index in [9.17, 15) is 9.59 Å². The number of piperidine rings is 1. The maximum atomic E-state index is 13.7. The van der Waals surface area contributed by atoms with E-state index in [0.29, 0.717) is 22.9 Å². The molecule has 156 valence electrons. The number of imide groups is 1. The Labute approximate surface area is 179 Å². The first-order valence-corrected chi connectivity index (χ1v) is 10.8. The number of rotatable bonds is 3. The number of nitrogens with zero attached hydrogens (tertiary/aromatic N) is 2. The summed E-state index contributed by atoms with van der Waals surface area (Å²) in [5.74, 6) is 0.0871. The second kappa shape index (κ2) is 7.75. The van der Waals surface area contributed by atoms with Crippen molar-refractivity contribution in [2.24, 2.45) is 5.92 Å². The SMILES string of the molecule is Cc1cc(C)cc(N2C(=O)C(c3ccc(C)cc3C)=C(N3CCCC(C)C3)C2=O)c1. The van der Waals surface area contributed by atoms with Crippen molar-refractivity contribution in [1.82, 2.24) is 4.90 Å². The molecule has 0 aromatic heterocycles. The maximum absolute atomic E-state index is 13.7. The fourth-order valence-electron chi connectivity index (χ4n) is 4.86. The number of aryl methyl sites for hydroxylation is 4. The fourth-order valence-corrected chi connectivity index (χ4v) is 4.86. The van der Waals surface area contributed by atoms with Crippen LogP contribution >= 0.6 is 0 Å². The molecule has 1 saturated heterocycles. The lowest BCUT2D eigenvalue weighted by Gasteiger charge is -2.33. The van der Waals surface area contributed by atoms with E-state index in [4.69, 9.17) is 0 Å². The Kier molecular flexibility index (Phi) is 5.27. The van der Waals surface area contributed by atoms with Crippen molar-refractivity contribution in [3.63, 3.8) is 0 Å². The summed E-state index contributed by atoms with van der Waals surface area (Å²) in [6.45, 7) is 11.9. The van der Waals surface area contributed by atoms with E-state index >= 15 is 0 Å². The molecule has 0 bridgehead atoms. The van der Waals surface area contributed by atoms with Crippen LogP contribution in [0.3, 0.4) is 0 Å². The van der Waals surface area contributed by atoms with Crippen LogP contribution in [0.2, 0.25) is 0 Å². The van der Waals surface area contributed by atoms with Crippen molar-refractivity contribution in [3.8, 4) is 0 Å². The second-order valence-corrected chi connectivity index (χ2v) is 9.03. The standard InChI is InChI=1S/C26H30N2O2/c1-16-8-9-22(20(5)12-16)23-24(27-10-6-7-17(2)15-27)26(30)28(25(23)29)21-13-18(3)11-19(4)14-21/h8-9,11-14,17H,6-7,10,15H2,1-5H3. The Morgan fingerprint density at radius 1 is 0.867 bits per heavy atom.